The fraction of sp³-hybridized carbons (Fsp3) is 0. The number of nitrogens with zero attached hydrogens (tertiary/aromatic N) is 4. The molecule has 0 spiro atoms. The maximum Gasteiger partial charge on any atom is 0.283 e. The molecule has 6 nitrogen and oxygen atoms in total. The van der Waals surface area contributed by atoms with E-state index in [-0.39, 0.29) is 23.5 Å². The highest BCUT2D eigenvalue weighted by molar-refractivity contribution is 5.89. The number of aromatic nitrogens is 3. The van der Waals surface area contributed by atoms with Crippen molar-refractivity contribution in [1.82, 2.24) is 14.8 Å². The van der Waals surface area contributed by atoms with Crippen molar-refractivity contribution in [2.75, 3.05) is 0 Å². The second kappa shape index (κ2) is 5.22. The quantitative estimate of drug-likeness (QED) is 0.538. The van der Waals surface area contributed by atoms with Gasteiger partial charge in [-0.15, -0.1) is 17.5 Å². The molecule has 0 aliphatic carbocycles. The van der Waals surface area contributed by atoms with Gasteiger partial charge in [0.25, 0.3) is 5.69 Å². The minimum absolute atomic E-state index is 0. The van der Waals surface area contributed by atoms with E-state index >= 15 is 0 Å². The number of fused-ring (bicyclic) bond motifs is 1. The Bertz CT molecular complexity index is 776. The Morgan fingerprint density at radius 1 is 1.20 bits per heavy atom. The zero-order valence-corrected chi connectivity index (χ0v) is 10.7. The normalized spacial score (nSPS) is 10.2. The molecule has 0 aliphatic heterocycles. The molecular formula is C12H8ClFN4O2. The molecule has 0 saturated heterocycles. The van der Waals surface area contributed by atoms with E-state index in [9.17, 15) is 14.5 Å². The molecule has 20 heavy (non-hydrogen) atoms. The van der Waals surface area contributed by atoms with Crippen LogP contribution in [0.1, 0.15) is 0 Å². The first-order chi connectivity index (χ1) is 9.18. The molecule has 0 unspecified atom stereocenters. The van der Waals surface area contributed by atoms with E-state index in [1.165, 1.54) is 23.0 Å². The standard InChI is InChI=1S/C12H7FN4O2.ClH/c13-12-11-8(4-3-5-9(11)17(18)19)16(15-12)10-6-1-2-7-14-10;/h1-7H;1H. The minimum atomic E-state index is -0.882. The third-order valence-electron chi connectivity index (χ3n) is 2.71. The summed E-state index contributed by atoms with van der Waals surface area (Å²) in [4.78, 5) is 14.3. The number of halogens is 2. The summed E-state index contributed by atoms with van der Waals surface area (Å²) in [6.07, 6.45) is 1.54. The van der Waals surface area contributed by atoms with Crippen LogP contribution in [0.4, 0.5) is 10.1 Å². The lowest BCUT2D eigenvalue weighted by molar-refractivity contribution is -0.383. The number of rotatable bonds is 2. The summed E-state index contributed by atoms with van der Waals surface area (Å²) in [6.45, 7) is 0. The van der Waals surface area contributed by atoms with E-state index in [2.05, 4.69) is 10.1 Å². The van der Waals surface area contributed by atoms with Gasteiger partial charge in [-0.3, -0.25) is 10.1 Å². The highest BCUT2D eigenvalue weighted by Gasteiger charge is 2.21. The van der Waals surface area contributed by atoms with Crippen LogP contribution in [-0.4, -0.2) is 19.7 Å². The maximum atomic E-state index is 13.8. The van der Waals surface area contributed by atoms with E-state index < -0.39 is 10.9 Å². The van der Waals surface area contributed by atoms with E-state index in [0.29, 0.717) is 11.3 Å². The number of benzene rings is 1. The summed E-state index contributed by atoms with van der Waals surface area (Å²) < 4.78 is 15.1. The summed E-state index contributed by atoms with van der Waals surface area (Å²) in [7, 11) is 0. The van der Waals surface area contributed by atoms with Crippen LogP contribution in [0.2, 0.25) is 0 Å². The second-order valence-corrected chi connectivity index (χ2v) is 3.82. The van der Waals surface area contributed by atoms with Gasteiger partial charge in [0.15, 0.2) is 5.82 Å². The summed E-state index contributed by atoms with van der Waals surface area (Å²) in [5.74, 6) is -0.482. The molecule has 0 amide bonds. The van der Waals surface area contributed by atoms with Crippen LogP contribution in [0.5, 0.6) is 0 Å². The fourth-order valence-electron chi connectivity index (χ4n) is 1.91. The third kappa shape index (κ3) is 2.08. The van der Waals surface area contributed by atoms with Crippen molar-refractivity contribution in [3.8, 4) is 5.82 Å². The van der Waals surface area contributed by atoms with Gasteiger partial charge in [0, 0.05) is 12.3 Å². The monoisotopic (exact) mass is 294 g/mol. The molecular weight excluding hydrogens is 287 g/mol. The molecule has 0 saturated carbocycles. The Hall–Kier alpha value is -2.54. The lowest BCUT2D eigenvalue weighted by Crippen LogP contribution is -1.98. The van der Waals surface area contributed by atoms with Crippen LogP contribution in [0.25, 0.3) is 16.7 Å². The lowest BCUT2D eigenvalue weighted by Gasteiger charge is -2.00. The van der Waals surface area contributed by atoms with Crippen molar-refractivity contribution in [2.45, 2.75) is 0 Å². The first kappa shape index (κ1) is 13.9. The van der Waals surface area contributed by atoms with Crippen molar-refractivity contribution < 1.29 is 9.31 Å². The Balaban J connectivity index is 0.00000147. The highest BCUT2D eigenvalue weighted by Crippen LogP contribution is 2.28. The van der Waals surface area contributed by atoms with Crippen LogP contribution >= 0.6 is 12.4 Å². The number of pyridine rings is 1. The van der Waals surface area contributed by atoms with Gasteiger partial charge in [-0.25, -0.2) is 9.67 Å². The van der Waals surface area contributed by atoms with Gasteiger partial charge in [0.05, 0.1) is 10.4 Å². The van der Waals surface area contributed by atoms with Crippen molar-refractivity contribution in [3.05, 3.63) is 58.7 Å². The zero-order chi connectivity index (χ0) is 13.4. The Morgan fingerprint density at radius 2 is 2.00 bits per heavy atom. The van der Waals surface area contributed by atoms with E-state index in [1.807, 2.05) is 0 Å². The van der Waals surface area contributed by atoms with Gasteiger partial charge in [0.2, 0.25) is 5.95 Å². The highest BCUT2D eigenvalue weighted by atomic mass is 35.5. The van der Waals surface area contributed by atoms with Gasteiger partial charge >= 0.3 is 0 Å². The van der Waals surface area contributed by atoms with E-state index in [1.54, 1.807) is 24.3 Å². The van der Waals surface area contributed by atoms with E-state index in [0.717, 1.165) is 0 Å². The first-order valence-electron chi connectivity index (χ1n) is 5.41. The topological polar surface area (TPSA) is 73.8 Å². The molecule has 0 atom stereocenters. The number of hydrogen-bond acceptors (Lipinski definition) is 4. The fourth-order valence-corrected chi connectivity index (χ4v) is 1.91. The minimum Gasteiger partial charge on any atom is -0.258 e. The average Bonchev–Trinajstić information content (AvgIpc) is 2.77. The Kier molecular flexibility index (Phi) is 3.62. The number of nitro benzene ring substituents is 1. The largest absolute Gasteiger partial charge is 0.283 e. The predicted molar refractivity (Wildman–Crippen MR) is 72.7 cm³/mol. The van der Waals surface area contributed by atoms with Crippen molar-refractivity contribution in [3.63, 3.8) is 0 Å². The molecule has 3 aromatic rings. The molecule has 0 N–H and O–H groups in total. The molecule has 0 bridgehead atoms. The number of non-ortho nitro benzene ring substituents is 1. The predicted octanol–water partition coefficient (Wildman–Crippen LogP) is 2.89. The van der Waals surface area contributed by atoms with Crippen molar-refractivity contribution in [1.29, 1.82) is 0 Å². The lowest BCUT2D eigenvalue weighted by atomic mass is 10.2. The summed E-state index contributed by atoms with van der Waals surface area (Å²) in [5.41, 5.74) is 0.00239. The molecule has 102 valence electrons. The Morgan fingerprint density at radius 3 is 2.65 bits per heavy atom. The SMILES string of the molecule is Cl.O=[N+]([O-])c1cccc2c1c(F)nn2-c1ccccn1. The van der Waals surface area contributed by atoms with Crippen LogP contribution in [0.3, 0.4) is 0 Å². The van der Waals surface area contributed by atoms with Gasteiger partial charge < -0.3 is 0 Å². The molecule has 8 heteroatoms. The zero-order valence-electron chi connectivity index (χ0n) is 9.93. The van der Waals surface area contributed by atoms with Gasteiger partial charge in [0.1, 0.15) is 5.39 Å². The smallest absolute Gasteiger partial charge is 0.258 e. The second-order valence-electron chi connectivity index (χ2n) is 3.82. The van der Waals surface area contributed by atoms with Crippen molar-refractivity contribution >= 4 is 29.0 Å². The molecule has 0 aliphatic rings. The van der Waals surface area contributed by atoms with Crippen LogP contribution < -0.4 is 0 Å². The maximum absolute atomic E-state index is 13.8. The third-order valence-corrected chi connectivity index (χ3v) is 2.71. The van der Waals surface area contributed by atoms with Crippen LogP contribution in [0, 0.1) is 16.1 Å². The van der Waals surface area contributed by atoms with Crippen LogP contribution in [0.15, 0.2) is 42.6 Å². The molecule has 2 aromatic heterocycles. The summed E-state index contributed by atoms with van der Waals surface area (Å²) in [5, 5.41) is 14.5. The summed E-state index contributed by atoms with van der Waals surface area (Å²) in [6, 6.07) is 9.38. The van der Waals surface area contributed by atoms with Gasteiger partial charge in [-0.1, -0.05) is 12.1 Å². The molecule has 3 rings (SSSR count). The Labute approximate surface area is 118 Å². The summed E-state index contributed by atoms with van der Waals surface area (Å²) >= 11 is 0. The van der Waals surface area contributed by atoms with E-state index in [4.69, 9.17) is 0 Å². The van der Waals surface area contributed by atoms with Gasteiger partial charge in [-0.2, -0.15) is 4.39 Å². The molecule has 0 fully saturated rings. The molecule has 0 radical (unpaired) electrons. The molecule has 2 heterocycles. The van der Waals surface area contributed by atoms with Gasteiger partial charge in [-0.05, 0) is 18.2 Å². The van der Waals surface area contributed by atoms with Crippen molar-refractivity contribution in [2.24, 2.45) is 0 Å². The molecule has 1 aromatic carbocycles. The average molecular weight is 295 g/mol. The number of nitro groups is 1. The first-order valence-corrected chi connectivity index (χ1v) is 5.41. The van der Waals surface area contributed by atoms with Crippen LogP contribution in [-0.2, 0) is 0 Å². The number of hydrogen-bond donors (Lipinski definition) is 0.